The number of nitrogens with zero attached hydrogens (tertiary/aromatic N) is 1. The monoisotopic (exact) mass is 353 g/mol. The van der Waals surface area contributed by atoms with Crippen molar-refractivity contribution in [2.45, 2.75) is 6.43 Å². The Morgan fingerprint density at radius 2 is 2.10 bits per heavy atom. The maximum atomic E-state index is 12.5. The molecule has 21 heavy (non-hydrogen) atoms. The van der Waals surface area contributed by atoms with Gasteiger partial charge in [0.25, 0.3) is 12.3 Å². The van der Waals surface area contributed by atoms with Crippen molar-refractivity contribution in [3.05, 3.63) is 33.1 Å². The highest BCUT2D eigenvalue weighted by Gasteiger charge is 2.24. The Hall–Kier alpha value is -0.950. The first-order chi connectivity index (χ1) is 9.93. The molecule has 0 bridgehead atoms. The summed E-state index contributed by atoms with van der Waals surface area (Å²) in [5.41, 5.74) is 0. The molecule has 0 aliphatic carbocycles. The summed E-state index contributed by atoms with van der Waals surface area (Å²) in [5.74, 6) is -0.619. The number of aliphatic hydroxyl groups excluding tert-OH is 1. The second-order valence-corrected chi connectivity index (χ2v) is 6.12. The van der Waals surface area contributed by atoms with Crippen LogP contribution in [0.5, 0.6) is 0 Å². The number of benzene rings is 1. The molecule has 114 valence electrons. The summed E-state index contributed by atoms with van der Waals surface area (Å²) in [7, 11) is 0. The van der Waals surface area contributed by atoms with E-state index in [1.165, 1.54) is 0 Å². The lowest BCUT2D eigenvalue weighted by atomic mass is 10.2. The maximum absolute atomic E-state index is 12.5. The molecule has 2 aromatic rings. The van der Waals surface area contributed by atoms with Crippen LogP contribution < -0.4 is 0 Å². The summed E-state index contributed by atoms with van der Waals surface area (Å²) in [6, 6.07) is 4.98. The Balaban J connectivity index is 2.39. The predicted molar refractivity (Wildman–Crippen MR) is 80.8 cm³/mol. The summed E-state index contributed by atoms with van der Waals surface area (Å²) in [6.07, 6.45) is -2.68. The smallest absolute Gasteiger partial charge is 0.265 e. The molecule has 1 heterocycles. The Morgan fingerprint density at radius 3 is 2.71 bits per heavy atom. The number of rotatable bonds is 5. The molecule has 0 saturated heterocycles. The van der Waals surface area contributed by atoms with Gasteiger partial charge in [-0.1, -0.05) is 29.3 Å². The number of hydrogen-bond acceptors (Lipinski definition) is 3. The van der Waals surface area contributed by atoms with Gasteiger partial charge in [0.1, 0.15) is 4.88 Å². The normalized spacial score (nSPS) is 11.3. The third-order valence-electron chi connectivity index (χ3n) is 2.80. The van der Waals surface area contributed by atoms with Gasteiger partial charge >= 0.3 is 0 Å². The summed E-state index contributed by atoms with van der Waals surface area (Å²) in [5, 5.41) is 10.3. The highest BCUT2D eigenvalue weighted by molar-refractivity contribution is 7.21. The van der Waals surface area contributed by atoms with Crippen molar-refractivity contribution >= 4 is 50.5 Å². The Kier molecular flexibility index (Phi) is 5.37. The van der Waals surface area contributed by atoms with Gasteiger partial charge in [0.2, 0.25) is 0 Å². The predicted octanol–water partition coefficient (Wildman–Crippen LogP) is 3.91. The fourth-order valence-electron chi connectivity index (χ4n) is 1.88. The van der Waals surface area contributed by atoms with E-state index in [1.54, 1.807) is 18.2 Å². The molecule has 1 amide bonds. The quantitative estimate of drug-likeness (QED) is 0.885. The average molecular weight is 354 g/mol. The molecule has 1 N–H and O–H groups in total. The summed E-state index contributed by atoms with van der Waals surface area (Å²) < 4.78 is 25.7. The second-order valence-electron chi connectivity index (χ2n) is 4.25. The summed E-state index contributed by atoms with van der Waals surface area (Å²) >= 11 is 13.1. The molecule has 8 heteroatoms. The van der Waals surface area contributed by atoms with E-state index in [-0.39, 0.29) is 16.4 Å². The van der Waals surface area contributed by atoms with Crippen LogP contribution in [-0.2, 0) is 0 Å². The van der Waals surface area contributed by atoms with Gasteiger partial charge in [-0.25, -0.2) is 8.78 Å². The van der Waals surface area contributed by atoms with Crippen LogP contribution in [0.3, 0.4) is 0 Å². The molecule has 2 rings (SSSR count). The van der Waals surface area contributed by atoms with Gasteiger partial charge < -0.3 is 10.0 Å². The zero-order valence-electron chi connectivity index (χ0n) is 10.7. The van der Waals surface area contributed by atoms with E-state index in [0.717, 1.165) is 16.2 Å². The van der Waals surface area contributed by atoms with E-state index in [9.17, 15) is 13.6 Å². The van der Waals surface area contributed by atoms with E-state index in [4.69, 9.17) is 28.3 Å². The fraction of sp³-hybridized carbons (Fsp3) is 0.308. The second kappa shape index (κ2) is 6.87. The molecular formula is C13H11Cl2F2NO2S. The van der Waals surface area contributed by atoms with Gasteiger partial charge in [0.05, 0.1) is 18.2 Å². The first kappa shape index (κ1) is 16.4. The largest absolute Gasteiger partial charge is 0.395 e. The maximum Gasteiger partial charge on any atom is 0.265 e. The van der Waals surface area contributed by atoms with Gasteiger partial charge in [-0.05, 0) is 12.1 Å². The highest BCUT2D eigenvalue weighted by atomic mass is 35.5. The number of fused-ring (bicyclic) bond motifs is 1. The van der Waals surface area contributed by atoms with Gasteiger partial charge in [0.15, 0.2) is 0 Å². The first-order valence-electron chi connectivity index (χ1n) is 6.00. The topological polar surface area (TPSA) is 40.5 Å². The van der Waals surface area contributed by atoms with Crippen LogP contribution in [0.25, 0.3) is 10.1 Å². The van der Waals surface area contributed by atoms with E-state index >= 15 is 0 Å². The minimum Gasteiger partial charge on any atom is -0.395 e. The van der Waals surface area contributed by atoms with Crippen molar-refractivity contribution in [1.29, 1.82) is 0 Å². The van der Waals surface area contributed by atoms with Crippen molar-refractivity contribution in [3.63, 3.8) is 0 Å². The molecule has 0 radical (unpaired) electrons. The lowest BCUT2D eigenvalue weighted by molar-refractivity contribution is 0.0513. The van der Waals surface area contributed by atoms with Crippen molar-refractivity contribution < 1.29 is 18.7 Å². The summed E-state index contributed by atoms with van der Waals surface area (Å²) in [4.78, 5) is 13.4. The third kappa shape index (κ3) is 3.63. The molecule has 0 saturated carbocycles. The van der Waals surface area contributed by atoms with Gasteiger partial charge in [-0.3, -0.25) is 4.79 Å². The Labute approximate surface area is 133 Å². The van der Waals surface area contributed by atoms with Crippen molar-refractivity contribution in [1.82, 2.24) is 4.90 Å². The van der Waals surface area contributed by atoms with E-state index < -0.39 is 25.5 Å². The Morgan fingerprint density at radius 1 is 1.38 bits per heavy atom. The molecular weight excluding hydrogens is 343 g/mol. The van der Waals surface area contributed by atoms with Crippen LogP contribution in [0, 0.1) is 0 Å². The Bertz CT molecular complexity index is 663. The molecule has 0 aliphatic heterocycles. The van der Waals surface area contributed by atoms with Crippen LogP contribution in [0.2, 0.25) is 10.0 Å². The number of aliphatic hydroxyl groups is 1. The average Bonchev–Trinajstić information content (AvgIpc) is 2.73. The molecule has 3 nitrogen and oxygen atoms in total. The van der Waals surface area contributed by atoms with Gasteiger partial charge in [0, 0.05) is 21.7 Å². The molecule has 1 aromatic heterocycles. The van der Waals surface area contributed by atoms with Gasteiger partial charge in [-0.2, -0.15) is 0 Å². The zero-order valence-corrected chi connectivity index (χ0v) is 13.0. The van der Waals surface area contributed by atoms with Gasteiger partial charge in [-0.15, -0.1) is 11.3 Å². The lowest BCUT2D eigenvalue weighted by Crippen LogP contribution is -2.37. The lowest BCUT2D eigenvalue weighted by Gasteiger charge is -2.20. The van der Waals surface area contributed by atoms with Crippen molar-refractivity contribution in [2.75, 3.05) is 19.7 Å². The molecule has 0 atom stereocenters. The van der Waals surface area contributed by atoms with E-state index in [0.29, 0.717) is 15.1 Å². The van der Waals surface area contributed by atoms with Crippen LogP contribution in [0.4, 0.5) is 8.78 Å². The number of thiophene rings is 1. The van der Waals surface area contributed by atoms with Crippen LogP contribution in [-0.4, -0.2) is 42.0 Å². The SMILES string of the molecule is O=C(c1sc2cc(Cl)ccc2c1Cl)N(CCO)CC(F)F. The molecule has 0 spiro atoms. The number of alkyl halides is 2. The highest BCUT2D eigenvalue weighted by Crippen LogP contribution is 2.37. The van der Waals surface area contributed by atoms with Crippen LogP contribution in [0.1, 0.15) is 9.67 Å². The van der Waals surface area contributed by atoms with Crippen LogP contribution in [0.15, 0.2) is 18.2 Å². The molecule has 0 unspecified atom stereocenters. The van der Waals surface area contributed by atoms with Crippen molar-refractivity contribution in [3.8, 4) is 0 Å². The molecule has 0 fully saturated rings. The zero-order chi connectivity index (χ0) is 15.6. The van der Waals surface area contributed by atoms with Crippen molar-refractivity contribution in [2.24, 2.45) is 0 Å². The number of carbonyl (C=O) groups excluding carboxylic acids is 1. The minimum atomic E-state index is -2.68. The number of halogens is 4. The molecule has 0 aliphatic rings. The van der Waals surface area contributed by atoms with E-state index in [2.05, 4.69) is 0 Å². The summed E-state index contributed by atoms with van der Waals surface area (Å²) in [6.45, 7) is -1.31. The standard InChI is InChI=1S/C13H11Cl2F2NO2S/c14-7-1-2-8-9(5-7)21-12(11(8)15)13(20)18(3-4-19)6-10(16)17/h1-2,5,10,19H,3-4,6H2. The van der Waals surface area contributed by atoms with E-state index in [1.807, 2.05) is 0 Å². The minimum absolute atomic E-state index is 0.169. The fourth-order valence-corrected chi connectivity index (χ4v) is 3.64. The number of carbonyl (C=O) groups is 1. The molecule has 1 aromatic carbocycles. The van der Waals surface area contributed by atoms with Crippen LogP contribution >= 0.6 is 34.5 Å². The first-order valence-corrected chi connectivity index (χ1v) is 7.57. The number of amides is 1. The third-order valence-corrected chi connectivity index (χ3v) is 4.68. The number of hydrogen-bond donors (Lipinski definition) is 1.